The third kappa shape index (κ3) is 6.43. The lowest BCUT2D eigenvalue weighted by molar-refractivity contribution is -0.518. The van der Waals surface area contributed by atoms with Gasteiger partial charge >= 0.3 is 18.2 Å². The molecule has 1 N–H and O–H groups in total. The zero-order valence-electron chi connectivity index (χ0n) is 12.3. The summed E-state index contributed by atoms with van der Waals surface area (Å²) in [6.45, 7) is 7.37. The molecule has 1 fully saturated rings. The van der Waals surface area contributed by atoms with E-state index in [4.69, 9.17) is 0 Å². The van der Waals surface area contributed by atoms with Crippen molar-refractivity contribution in [1.29, 1.82) is 0 Å². The minimum Gasteiger partial charge on any atom is -0.462 e. The van der Waals surface area contributed by atoms with Crippen LogP contribution in [0.15, 0.2) is 12.2 Å². The normalized spacial score (nSPS) is 19.0. The van der Waals surface area contributed by atoms with Crippen LogP contribution in [0.4, 0.5) is 17.6 Å². The van der Waals surface area contributed by atoms with Crippen molar-refractivity contribution in [3.05, 3.63) is 12.2 Å². The number of hydrogen-bond acceptors (Lipinski definition) is 4. The summed E-state index contributed by atoms with van der Waals surface area (Å²) in [5, 5.41) is 3.02. The van der Waals surface area contributed by atoms with Gasteiger partial charge in [-0.2, -0.15) is 17.6 Å². The molecule has 0 radical (unpaired) electrons. The van der Waals surface area contributed by atoms with Crippen molar-refractivity contribution in [1.82, 2.24) is 5.32 Å². The summed E-state index contributed by atoms with van der Waals surface area (Å²) in [5.74, 6) is -3.05. The minimum atomic E-state index is -3.86. The molecule has 1 rings (SSSR count). The fourth-order valence-corrected chi connectivity index (χ4v) is 1.44. The molecule has 0 aromatic rings. The van der Waals surface area contributed by atoms with E-state index in [0.717, 1.165) is 6.54 Å². The van der Waals surface area contributed by atoms with Crippen LogP contribution >= 0.6 is 0 Å². The Morgan fingerprint density at radius 1 is 1.33 bits per heavy atom. The van der Waals surface area contributed by atoms with Crippen molar-refractivity contribution in [2.45, 2.75) is 38.9 Å². The number of nitrogens with one attached hydrogen (secondary N) is 1. The van der Waals surface area contributed by atoms with Crippen molar-refractivity contribution in [3.8, 4) is 0 Å². The van der Waals surface area contributed by atoms with Crippen molar-refractivity contribution < 1.29 is 31.8 Å². The average Bonchev–Trinajstić information content (AvgIpc) is 2.34. The van der Waals surface area contributed by atoms with Gasteiger partial charge in [0.25, 0.3) is 0 Å². The second-order valence-corrected chi connectivity index (χ2v) is 4.59. The summed E-state index contributed by atoms with van der Waals surface area (Å²) < 4.78 is 57.6. The maximum Gasteiger partial charge on any atom is 0.371 e. The van der Waals surface area contributed by atoms with E-state index in [9.17, 15) is 22.4 Å². The van der Waals surface area contributed by atoms with Crippen LogP contribution in [0.5, 0.6) is 0 Å². The van der Waals surface area contributed by atoms with Gasteiger partial charge in [0, 0.05) is 12.0 Å². The number of hydrogen-bond donors (Lipinski definition) is 1. The van der Waals surface area contributed by atoms with E-state index in [-0.39, 0.29) is 5.57 Å². The van der Waals surface area contributed by atoms with E-state index >= 15 is 0 Å². The van der Waals surface area contributed by atoms with Gasteiger partial charge < -0.3 is 10.1 Å². The van der Waals surface area contributed by atoms with Crippen molar-refractivity contribution in [2.24, 2.45) is 5.92 Å². The molecule has 0 atom stereocenters. The van der Waals surface area contributed by atoms with E-state index in [2.05, 4.69) is 28.3 Å². The molecule has 21 heavy (non-hydrogen) atoms. The molecule has 1 heterocycles. The summed E-state index contributed by atoms with van der Waals surface area (Å²) in [5.41, 5.74) is 0.0726. The number of halogens is 4. The highest BCUT2D eigenvalue weighted by molar-refractivity contribution is 5.86. The molecule has 1 saturated heterocycles. The number of alkyl halides is 4. The molecule has 0 spiro atoms. The summed E-state index contributed by atoms with van der Waals surface area (Å²) in [6.07, 6.45) is -7.16. The Balaban J connectivity index is 0.000000690. The van der Waals surface area contributed by atoms with Crippen LogP contribution in [0.1, 0.15) is 26.7 Å². The fraction of sp³-hybridized carbons (Fsp3) is 0.769. The predicted molar refractivity (Wildman–Crippen MR) is 69.1 cm³/mol. The first-order valence-corrected chi connectivity index (χ1v) is 6.51. The smallest absolute Gasteiger partial charge is 0.371 e. The van der Waals surface area contributed by atoms with Gasteiger partial charge in [-0.25, -0.2) is 4.79 Å². The third-order valence-corrected chi connectivity index (χ3v) is 2.57. The largest absolute Gasteiger partial charge is 0.462 e. The lowest BCUT2D eigenvalue weighted by Crippen LogP contribution is -2.59. The lowest BCUT2D eigenvalue weighted by Gasteiger charge is -2.42. The first kappa shape index (κ1) is 19.9. The first-order chi connectivity index (χ1) is 9.58. The Kier molecular flexibility index (Phi) is 7.87. The standard InChI is InChI=1S/C9H10F4O3.C4H11N/c1-5(2)7(14)15-4-3-6-8(10,11)16-9(6,12)13;1-3-4-5-2/h6H,1,3-4H2,2H3;5H,3-4H2,1-2H3. The molecule has 124 valence electrons. The molecule has 0 saturated carbocycles. The van der Waals surface area contributed by atoms with Crippen LogP contribution < -0.4 is 5.32 Å². The van der Waals surface area contributed by atoms with E-state index in [1.54, 1.807) is 0 Å². The topological polar surface area (TPSA) is 47.6 Å². The number of carbonyl (C=O) groups excluding carboxylic acids is 1. The molecule has 0 unspecified atom stereocenters. The van der Waals surface area contributed by atoms with Crippen molar-refractivity contribution in [2.75, 3.05) is 20.2 Å². The van der Waals surface area contributed by atoms with Crippen molar-refractivity contribution >= 4 is 5.97 Å². The van der Waals surface area contributed by atoms with Crippen LogP contribution in [0.2, 0.25) is 0 Å². The van der Waals surface area contributed by atoms with E-state index in [1.807, 2.05) is 7.05 Å². The van der Waals surface area contributed by atoms with Gasteiger partial charge in [0.05, 0.1) is 6.61 Å². The van der Waals surface area contributed by atoms with Crippen molar-refractivity contribution in [3.63, 3.8) is 0 Å². The fourth-order valence-electron chi connectivity index (χ4n) is 1.44. The highest BCUT2D eigenvalue weighted by Gasteiger charge is 2.70. The van der Waals surface area contributed by atoms with Crippen LogP contribution in [-0.4, -0.2) is 38.4 Å². The molecule has 0 aromatic carbocycles. The van der Waals surface area contributed by atoms with E-state index in [1.165, 1.54) is 13.3 Å². The summed E-state index contributed by atoms with van der Waals surface area (Å²) >= 11 is 0. The second kappa shape index (κ2) is 8.33. The highest BCUT2D eigenvalue weighted by atomic mass is 19.3. The molecular weight excluding hydrogens is 294 g/mol. The molecular formula is C13H21F4NO3. The molecule has 1 aliphatic heterocycles. The number of esters is 1. The Hall–Kier alpha value is -1.15. The maximum absolute atomic E-state index is 12.5. The van der Waals surface area contributed by atoms with Crippen LogP contribution in [0.3, 0.4) is 0 Å². The summed E-state index contributed by atoms with van der Waals surface area (Å²) in [7, 11) is 1.96. The predicted octanol–water partition coefficient (Wildman–Crippen LogP) is 2.94. The molecule has 0 aliphatic carbocycles. The molecule has 8 heteroatoms. The summed E-state index contributed by atoms with van der Waals surface area (Å²) in [6, 6.07) is 0. The quantitative estimate of drug-likeness (QED) is 0.465. The highest BCUT2D eigenvalue weighted by Crippen LogP contribution is 2.53. The second-order valence-electron chi connectivity index (χ2n) is 4.59. The number of rotatable bonds is 6. The maximum atomic E-state index is 12.5. The Morgan fingerprint density at radius 3 is 2.14 bits per heavy atom. The molecule has 0 aromatic heterocycles. The van der Waals surface area contributed by atoms with Gasteiger partial charge in [0.1, 0.15) is 5.92 Å². The zero-order valence-corrected chi connectivity index (χ0v) is 12.3. The first-order valence-electron chi connectivity index (χ1n) is 6.51. The van der Waals surface area contributed by atoms with Gasteiger partial charge in [-0.3, -0.25) is 4.74 Å². The van der Waals surface area contributed by atoms with Gasteiger partial charge in [-0.15, -0.1) is 0 Å². The number of carbonyl (C=O) groups is 1. The monoisotopic (exact) mass is 315 g/mol. The Labute approximate surface area is 121 Å². The average molecular weight is 315 g/mol. The Bertz CT molecular complexity index is 345. The molecule has 4 nitrogen and oxygen atoms in total. The van der Waals surface area contributed by atoms with Gasteiger partial charge in [0.2, 0.25) is 0 Å². The Morgan fingerprint density at radius 2 is 1.86 bits per heavy atom. The number of ether oxygens (including phenoxy) is 2. The lowest BCUT2D eigenvalue weighted by atomic mass is 9.98. The van der Waals surface area contributed by atoms with Gasteiger partial charge in [-0.05, 0) is 26.9 Å². The third-order valence-electron chi connectivity index (χ3n) is 2.57. The minimum absolute atomic E-state index is 0.0726. The van der Waals surface area contributed by atoms with Gasteiger partial charge in [-0.1, -0.05) is 13.5 Å². The SMILES string of the molecule is C=C(C)C(=O)OCCC1C(F)(F)OC1(F)F.CCCNC. The molecule has 0 amide bonds. The molecule has 0 bridgehead atoms. The van der Waals surface area contributed by atoms with E-state index < -0.39 is 37.1 Å². The van der Waals surface area contributed by atoms with E-state index in [0.29, 0.717) is 0 Å². The van der Waals surface area contributed by atoms with Crippen LogP contribution in [-0.2, 0) is 14.3 Å². The molecule has 1 aliphatic rings. The van der Waals surface area contributed by atoms with Crippen LogP contribution in [0, 0.1) is 5.92 Å². The summed E-state index contributed by atoms with van der Waals surface area (Å²) in [4.78, 5) is 10.8. The van der Waals surface area contributed by atoms with Gasteiger partial charge in [0.15, 0.2) is 0 Å². The van der Waals surface area contributed by atoms with Crippen LogP contribution in [0.25, 0.3) is 0 Å². The zero-order chi connectivity index (χ0) is 16.7.